The van der Waals surface area contributed by atoms with Gasteiger partial charge in [-0.1, -0.05) is 0 Å². The van der Waals surface area contributed by atoms with Crippen molar-refractivity contribution >= 4 is 24.1 Å². The molecule has 31 heteroatoms. The summed E-state index contributed by atoms with van der Waals surface area (Å²) in [4.78, 5) is 48.4. The van der Waals surface area contributed by atoms with Crippen LogP contribution in [-0.2, 0) is 57.1 Å². The van der Waals surface area contributed by atoms with Gasteiger partial charge in [0.2, 0.25) is 11.8 Å². The predicted molar refractivity (Wildman–Crippen MR) is 208 cm³/mol. The first kappa shape index (κ1) is 57.7. The molecule has 0 aromatic rings. The normalized spacial score (nSPS) is 41.6. The van der Waals surface area contributed by atoms with Crippen molar-refractivity contribution in [3.63, 3.8) is 0 Å². The zero-order valence-electron chi connectivity index (χ0n) is 36.2. The first-order chi connectivity index (χ1) is 31.9. The molecule has 19 N–H and O–H groups in total. The Morgan fingerprint density at radius 3 is 1.74 bits per heavy atom. The third kappa shape index (κ3) is 13.0. The summed E-state index contributed by atoms with van der Waals surface area (Å²) < 4.78 is 44.9. The van der Waals surface area contributed by atoms with Crippen LogP contribution in [-0.4, -0.2) is 297 Å². The lowest BCUT2D eigenvalue weighted by Crippen LogP contribution is -2.70. The van der Waals surface area contributed by atoms with Crippen molar-refractivity contribution in [3.05, 3.63) is 0 Å². The topological polar surface area (TPSA) is 510 Å². The quantitative estimate of drug-likeness (QED) is 0.0448. The van der Waals surface area contributed by atoms with Crippen LogP contribution in [0.1, 0.15) is 20.3 Å². The molecule has 4 rings (SSSR count). The highest BCUT2D eigenvalue weighted by Gasteiger charge is 2.58. The third-order valence-corrected chi connectivity index (χ3v) is 11.6. The van der Waals surface area contributed by atoms with E-state index >= 15 is 0 Å². The highest BCUT2D eigenvalue weighted by Crippen LogP contribution is 2.37. The molecule has 394 valence electrons. The average Bonchev–Trinajstić information content (AvgIpc) is 3.30. The summed E-state index contributed by atoms with van der Waals surface area (Å²) in [6.07, 6.45) is -46.8. The molecule has 0 spiro atoms. The van der Waals surface area contributed by atoms with E-state index in [2.05, 4.69) is 10.6 Å². The second-order valence-corrected chi connectivity index (χ2v) is 16.5. The summed E-state index contributed by atoms with van der Waals surface area (Å²) in [6, 6.07) is -3.45. The molecule has 31 nitrogen and oxygen atoms in total. The van der Waals surface area contributed by atoms with Crippen molar-refractivity contribution in [1.29, 1.82) is 0 Å². The van der Waals surface area contributed by atoms with Crippen LogP contribution in [0.4, 0.5) is 0 Å². The maximum Gasteiger partial charge on any atom is 0.364 e. The van der Waals surface area contributed by atoms with E-state index in [0.29, 0.717) is 0 Å². The maximum atomic E-state index is 12.7. The van der Waals surface area contributed by atoms with Crippen molar-refractivity contribution in [1.82, 2.24) is 10.6 Å². The zero-order valence-corrected chi connectivity index (χ0v) is 36.2. The predicted octanol–water partition coefficient (Wildman–Crippen LogP) is -12.6. The summed E-state index contributed by atoms with van der Waals surface area (Å²) in [5.74, 6) is -6.67. The standard InChI is InChI=1S/C37H62N2O29/c1-10(45)38-19-12(47)3-37(36(59)60,68-31(19)22(52)14(49)5-41)61-9-18-23(53)26(56)27(57)34(64-18)66-30-20(39-11(2)46)33(62-16(7-43)24(30)54)67-32-25(55)17(8-44)63-35(28(32)58)65-29(15(50)6-42)21(51)13(48)4-40/h4,12-35,41-44,47-58H,3,5-9H2,1-2H3,(H,38,45)(H,39,46)(H,59,60)/t12-,13-,14+,15+,16+,17+,18+,19+,20+,21+,22+,23-,24+,25-,26-,27+,28+,29+,30+,31+,32-,33-,34-,35-,37+/m0/s1. The summed E-state index contributed by atoms with van der Waals surface area (Å²) in [7, 11) is 0. The first-order valence-electron chi connectivity index (χ1n) is 21.0. The lowest BCUT2D eigenvalue weighted by atomic mass is 9.88. The molecule has 4 heterocycles. The lowest BCUT2D eigenvalue weighted by Gasteiger charge is -2.50. The highest BCUT2D eigenvalue weighted by molar-refractivity contribution is 5.76. The number of hydrogen-bond donors (Lipinski definition) is 19. The van der Waals surface area contributed by atoms with Gasteiger partial charge in [-0.3, -0.25) is 9.59 Å². The van der Waals surface area contributed by atoms with Crippen LogP contribution >= 0.6 is 0 Å². The number of aliphatic carboxylic acids is 1. The van der Waals surface area contributed by atoms with Gasteiger partial charge in [0, 0.05) is 20.3 Å². The van der Waals surface area contributed by atoms with Crippen molar-refractivity contribution < 1.29 is 144 Å². The number of nitrogens with one attached hydrogen (secondary N) is 2. The Labute approximate surface area is 384 Å². The second kappa shape index (κ2) is 25.0. The van der Waals surface area contributed by atoms with Gasteiger partial charge in [-0.2, -0.15) is 0 Å². The van der Waals surface area contributed by atoms with Gasteiger partial charge >= 0.3 is 5.97 Å². The van der Waals surface area contributed by atoms with Crippen molar-refractivity contribution in [3.8, 4) is 0 Å². The number of hydrogen-bond acceptors (Lipinski definition) is 28. The minimum Gasteiger partial charge on any atom is -0.477 e. The van der Waals surface area contributed by atoms with Crippen LogP contribution in [0.3, 0.4) is 0 Å². The largest absolute Gasteiger partial charge is 0.477 e. The molecule has 2 amide bonds. The Hall–Kier alpha value is -2.88. The molecule has 0 saturated carbocycles. The molecule has 25 atom stereocenters. The number of carbonyl (C=O) groups excluding carboxylic acids is 3. The van der Waals surface area contributed by atoms with Gasteiger partial charge in [-0.15, -0.1) is 0 Å². The number of aliphatic hydroxyl groups excluding tert-OH is 16. The van der Waals surface area contributed by atoms with E-state index in [-0.39, 0.29) is 6.29 Å². The minimum absolute atomic E-state index is 0.146. The average molecular weight is 999 g/mol. The number of rotatable bonds is 22. The molecule has 0 unspecified atom stereocenters. The molecule has 68 heavy (non-hydrogen) atoms. The van der Waals surface area contributed by atoms with E-state index in [9.17, 15) is 106 Å². The Morgan fingerprint density at radius 2 is 1.21 bits per heavy atom. The SMILES string of the molecule is CC(=O)N[C@H]1[C@H](O[C@H]2[C@@H](O)[C@@H](CO)O[C@@H](O[C@@H]([C@H](O)[C@@H](O)C=O)[C@H](O)CO)[C@@H]2O)O[C@H](CO)[C@@H](O)[C@@H]1O[C@@H]1O[C@H](CO[C@]2(C(=O)O)C[C@H](O)[C@@H](NC(C)=O)[C@H]([C@H](O)[C@H](O)CO)O2)[C@H](O)[C@H](O)[C@H]1O. The van der Waals surface area contributed by atoms with Crippen molar-refractivity contribution in [2.24, 2.45) is 0 Å². The van der Waals surface area contributed by atoms with Gasteiger partial charge in [0.1, 0.15) is 116 Å². The molecule has 0 radical (unpaired) electrons. The van der Waals surface area contributed by atoms with Crippen LogP contribution in [0, 0.1) is 0 Å². The van der Waals surface area contributed by atoms with Gasteiger partial charge in [0.05, 0.1) is 45.2 Å². The Bertz CT molecular complexity index is 1640. The fourth-order valence-electron chi connectivity index (χ4n) is 7.96. The molecule has 4 aliphatic rings. The van der Waals surface area contributed by atoms with Crippen LogP contribution in [0.5, 0.6) is 0 Å². The molecular weight excluding hydrogens is 936 g/mol. The molecule has 0 aliphatic carbocycles. The minimum atomic E-state index is -2.99. The van der Waals surface area contributed by atoms with Gasteiger partial charge in [0.15, 0.2) is 25.2 Å². The number of carbonyl (C=O) groups is 4. The number of ether oxygens (including phenoxy) is 8. The number of aliphatic hydroxyl groups is 16. The summed E-state index contributed by atoms with van der Waals surface area (Å²) in [6.45, 7) is -3.53. The highest BCUT2D eigenvalue weighted by atomic mass is 16.8. The van der Waals surface area contributed by atoms with Crippen LogP contribution in [0.15, 0.2) is 0 Å². The summed E-state index contributed by atoms with van der Waals surface area (Å²) in [5, 5.41) is 183. The van der Waals surface area contributed by atoms with Crippen LogP contribution < -0.4 is 10.6 Å². The van der Waals surface area contributed by atoms with Gasteiger partial charge in [-0.05, 0) is 0 Å². The Balaban J connectivity index is 1.63. The molecule has 4 saturated heterocycles. The molecule has 0 aromatic carbocycles. The maximum absolute atomic E-state index is 12.7. The summed E-state index contributed by atoms with van der Waals surface area (Å²) in [5.41, 5.74) is 0. The molecule has 4 fully saturated rings. The van der Waals surface area contributed by atoms with E-state index in [1.54, 1.807) is 0 Å². The summed E-state index contributed by atoms with van der Waals surface area (Å²) >= 11 is 0. The Morgan fingerprint density at radius 1 is 0.676 bits per heavy atom. The molecule has 4 aliphatic heterocycles. The van der Waals surface area contributed by atoms with E-state index in [4.69, 9.17) is 37.9 Å². The van der Waals surface area contributed by atoms with Crippen LogP contribution in [0.25, 0.3) is 0 Å². The molecule has 0 aromatic heterocycles. The third-order valence-electron chi connectivity index (χ3n) is 11.6. The second-order valence-electron chi connectivity index (χ2n) is 16.5. The zero-order chi connectivity index (χ0) is 51.1. The number of amides is 2. The first-order valence-corrected chi connectivity index (χ1v) is 21.0. The number of carboxylic acid groups (broad SMARTS) is 1. The van der Waals surface area contributed by atoms with Crippen molar-refractivity contribution in [2.45, 2.75) is 173 Å². The van der Waals surface area contributed by atoms with Gasteiger partial charge in [0.25, 0.3) is 5.79 Å². The van der Waals surface area contributed by atoms with E-state index in [1.807, 2.05) is 0 Å². The fraction of sp³-hybridized carbons (Fsp3) is 0.892. The van der Waals surface area contributed by atoms with Gasteiger partial charge < -0.3 is 140 Å². The van der Waals surface area contributed by atoms with Crippen molar-refractivity contribution in [2.75, 3.05) is 33.0 Å². The van der Waals surface area contributed by atoms with E-state index in [0.717, 1.165) is 13.8 Å². The monoisotopic (exact) mass is 998 g/mol. The number of carboxylic acids is 1. The fourth-order valence-corrected chi connectivity index (χ4v) is 7.96. The van der Waals surface area contributed by atoms with E-state index in [1.165, 1.54) is 0 Å². The van der Waals surface area contributed by atoms with Gasteiger partial charge in [-0.25, -0.2) is 4.79 Å². The molecule has 0 bridgehead atoms. The smallest absolute Gasteiger partial charge is 0.364 e. The molecular formula is C37H62N2O29. The number of aldehydes is 1. The lowest BCUT2D eigenvalue weighted by molar-refractivity contribution is -0.374. The van der Waals surface area contributed by atoms with E-state index < -0.39 is 210 Å². The Kier molecular flexibility index (Phi) is 21.2. The van der Waals surface area contributed by atoms with Crippen LogP contribution in [0.2, 0.25) is 0 Å².